The monoisotopic (exact) mass is 633 g/mol. The summed E-state index contributed by atoms with van der Waals surface area (Å²) >= 11 is 0. The Morgan fingerprint density at radius 1 is 1.02 bits per heavy atom. The van der Waals surface area contributed by atoms with E-state index in [0.717, 1.165) is 22.0 Å². The van der Waals surface area contributed by atoms with Gasteiger partial charge in [0.05, 0.1) is 36.2 Å². The van der Waals surface area contributed by atoms with Crippen molar-refractivity contribution >= 4 is 21.8 Å². The van der Waals surface area contributed by atoms with Crippen molar-refractivity contribution in [2.45, 2.75) is 66.9 Å². The highest BCUT2D eigenvalue weighted by Crippen LogP contribution is 2.29. The van der Waals surface area contributed by atoms with Crippen LogP contribution in [0.3, 0.4) is 0 Å². The third-order valence-electron chi connectivity index (χ3n) is 8.71. The molecule has 7 atom stereocenters. The van der Waals surface area contributed by atoms with Crippen LogP contribution < -0.4 is 5.32 Å². The number of fused-ring (bicyclic) bond motifs is 6. The predicted octanol–water partition coefficient (Wildman–Crippen LogP) is -0.909. The summed E-state index contributed by atoms with van der Waals surface area (Å²) in [6.45, 7) is 0.836. The summed E-state index contributed by atoms with van der Waals surface area (Å²) in [5, 5.41) is 24.5. The molecule has 3 N–H and O–H groups in total. The third kappa shape index (κ3) is 6.49. The van der Waals surface area contributed by atoms with Crippen molar-refractivity contribution in [1.82, 2.24) is 24.4 Å². The molecule has 0 radical (unpaired) electrons. The van der Waals surface area contributed by atoms with Gasteiger partial charge < -0.3 is 29.9 Å². The topological polar surface area (TPSA) is 162 Å². The van der Waals surface area contributed by atoms with Gasteiger partial charge in [-0.3, -0.25) is 19.5 Å². The van der Waals surface area contributed by atoms with Crippen LogP contribution in [0.2, 0.25) is 0 Å². The number of amides is 2. The van der Waals surface area contributed by atoms with Crippen LogP contribution in [-0.2, 0) is 35.6 Å². The number of nitrogens with one attached hydrogen (secondary N) is 1. The summed E-state index contributed by atoms with van der Waals surface area (Å²) in [4.78, 5) is 34.5. The van der Waals surface area contributed by atoms with E-state index < -0.39 is 64.9 Å². The van der Waals surface area contributed by atoms with Crippen molar-refractivity contribution in [3.63, 3.8) is 0 Å². The molecule has 44 heavy (non-hydrogen) atoms. The van der Waals surface area contributed by atoms with Gasteiger partial charge in [0, 0.05) is 57.7 Å². The number of sulfonamides is 1. The van der Waals surface area contributed by atoms with E-state index in [4.69, 9.17) is 9.47 Å². The van der Waals surface area contributed by atoms with Gasteiger partial charge in [-0.25, -0.2) is 12.8 Å². The molecule has 2 aromatic rings. The molecule has 6 bridgehead atoms. The van der Waals surface area contributed by atoms with Crippen LogP contribution in [0.4, 0.5) is 4.39 Å². The van der Waals surface area contributed by atoms with Crippen molar-refractivity contribution in [3.8, 4) is 0 Å². The number of carbonyl (C=O) groups excluding carboxylic acids is 2. The molecule has 5 heterocycles. The number of halogens is 1. The number of rotatable bonds is 4. The maximum atomic E-state index is 14.1. The van der Waals surface area contributed by atoms with Crippen molar-refractivity contribution < 1.29 is 42.1 Å². The van der Waals surface area contributed by atoms with Crippen LogP contribution in [0, 0.1) is 5.82 Å². The molecule has 4 saturated heterocycles. The van der Waals surface area contributed by atoms with Crippen molar-refractivity contribution in [1.29, 1.82) is 0 Å². The van der Waals surface area contributed by atoms with E-state index in [9.17, 15) is 32.6 Å². The Morgan fingerprint density at radius 3 is 2.57 bits per heavy atom. The molecule has 0 unspecified atom stereocenters. The molecule has 238 valence electrons. The van der Waals surface area contributed by atoms with E-state index in [1.54, 1.807) is 17.3 Å². The molecule has 1 aromatic carbocycles. The molecular weight excluding hydrogens is 597 g/mol. The first-order chi connectivity index (χ1) is 21.1. The Hall–Kier alpha value is -3.05. The first-order valence-corrected chi connectivity index (χ1v) is 16.1. The number of hydrogen-bond acceptors (Lipinski definition) is 10. The van der Waals surface area contributed by atoms with Crippen LogP contribution >= 0.6 is 0 Å². The van der Waals surface area contributed by atoms with Gasteiger partial charge in [0.1, 0.15) is 24.1 Å². The van der Waals surface area contributed by atoms with Gasteiger partial charge in [-0.05, 0) is 42.3 Å². The normalized spacial score (nSPS) is 32.5. The fourth-order valence-corrected chi connectivity index (χ4v) is 8.01. The summed E-state index contributed by atoms with van der Waals surface area (Å²) in [7, 11) is -4.34. The minimum Gasteiger partial charge on any atom is -0.388 e. The standard InChI is InChI=1S/C29H36FN5O8S/c30-19-2-1-3-22(10-19)44(40,41)35-16-21-15-33(8-9-42-21)29(39)23-11-20(14-34(23)13-18-4-6-31-7-5-18)32-26(36)12-24-27(37)28(38)25(17-35)43-24/h1-7,10,20-21,23-25,27-28,37-38H,8-9,11-17H2,(H,32,36)/t20-,21-,23-,24-,25+,27-,28+/m0/s1. The molecule has 2 amide bonds. The largest absolute Gasteiger partial charge is 0.388 e. The number of pyridine rings is 1. The van der Waals surface area contributed by atoms with Crippen molar-refractivity contribution in [3.05, 3.63) is 60.2 Å². The summed E-state index contributed by atoms with van der Waals surface area (Å²) in [6, 6.07) is 7.40. The second-order valence-electron chi connectivity index (χ2n) is 11.8. The predicted molar refractivity (Wildman–Crippen MR) is 152 cm³/mol. The molecule has 0 spiro atoms. The number of aliphatic hydroxyl groups excluding tert-OH is 2. The Kier molecular flexibility index (Phi) is 8.97. The minimum atomic E-state index is -4.34. The quantitative estimate of drug-likeness (QED) is 0.385. The average Bonchev–Trinajstić information content (AvgIpc) is 3.51. The maximum Gasteiger partial charge on any atom is 0.243 e. The lowest BCUT2D eigenvalue weighted by molar-refractivity contribution is -0.144. The number of ether oxygens (including phenoxy) is 2. The second-order valence-corrected chi connectivity index (χ2v) is 13.7. The number of aromatic nitrogens is 1. The number of aliphatic hydroxyl groups is 2. The molecule has 4 aliphatic rings. The highest BCUT2D eigenvalue weighted by Gasteiger charge is 2.47. The summed E-state index contributed by atoms with van der Waals surface area (Å²) in [5.74, 6) is -1.31. The average molecular weight is 634 g/mol. The summed E-state index contributed by atoms with van der Waals surface area (Å²) in [6.07, 6.45) is -2.48. The molecule has 15 heteroatoms. The first kappa shape index (κ1) is 31.0. The molecule has 0 aliphatic carbocycles. The number of carbonyl (C=O) groups is 2. The second kappa shape index (κ2) is 12.7. The SMILES string of the molecule is O=C1C[C@@H]2O[C@H](CN(S(=O)(=O)c3cccc(F)c3)C[C@@H]3CN(CCO3)C(=O)[C@@H]3C[C@@H](CN3Cc3ccncc3)N1)[C@@H](O)[C@H]2O. The fraction of sp³-hybridized carbons (Fsp3) is 0.552. The van der Waals surface area contributed by atoms with E-state index in [2.05, 4.69) is 10.3 Å². The molecule has 0 saturated carbocycles. The van der Waals surface area contributed by atoms with Gasteiger partial charge >= 0.3 is 0 Å². The van der Waals surface area contributed by atoms with Crippen molar-refractivity contribution in [2.75, 3.05) is 39.3 Å². The van der Waals surface area contributed by atoms with Crippen LogP contribution in [0.15, 0.2) is 53.7 Å². The molecular formula is C29H36FN5O8S. The van der Waals surface area contributed by atoms with Crippen LogP contribution in [0.5, 0.6) is 0 Å². The lowest BCUT2D eigenvalue weighted by atomic mass is 10.0. The Labute approximate surface area is 254 Å². The van der Waals surface area contributed by atoms with Gasteiger partial charge in [0.25, 0.3) is 0 Å². The van der Waals surface area contributed by atoms with Crippen LogP contribution in [0.1, 0.15) is 18.4 Å². The number of hydrogen-bond donors (Lipinski definition) is 3. The van der Waals surface area contributed by atoms with E-state index in [1.807, 2.05) is 17.0 Å². The lowest BCUT2D eigenvalue weighted by Crippen LogP contribution is -2.55. The fourth-order valence-electron chi connectivity index (χ4n) is 6.49. The van der Waals surface area contributed by atoms with Gasteiger partial charge in [0.15, 0.2) is 0 Å². The highest BCUT2D eigenvalue weighted by atomic mass is 32.2. The van der Waals surface area contributed by atoms with Gasteiger partial charge in [-0.1, -0.05) is 6.07 Å². The molecule has 4 aliphatic heterocycles. The van der Waals surface area contributed by atoms with E-state index in [-0.39, 0.29) is 43.0 Å². The van der Waals surface area contributed by atoms with Crippen LogP contribution in [0.25, 0.3) is 0 Å². The van der Waals surface area contributed by atoms with E-state index in [1.165, 1.54) is 12.1 Å². The van der Waals surface area contributed by atoms with Gasteiger partial charge in [-0.15, -0.1) is 0 Å². The third-order valence-corrected chi connectivity index (χ3v) is 10.5. The molecule has 13 nitrogen and oxygen atoms in total. The Morgan fingerprint density at radius 2 is 1.80 bits per heavy atom. The zero-order valence-corrected chi connectivity index (χ0v) is 24.8. The number of likely N-dealkylation sites (tertiary alicyclic amines) is 1. The smallest absolute Gasteiger partial charge is 0.243 e. The summed E-state index contributed by atoms with van der Waals surface area (Å²) in [5.41, 5.74) is 0.955. The summed E-state index contributed by atoms with van der Waals surface area (Å²) < 4.78 is 54.5. The zero-order valence-electron chi connectivity index (χ0n) is 23.9. The van der Waals surface area contributed by atoms with Gasteiger partial charge in [0.2, 0.25) is 21.8 Å². The number of benzene rings is 1. The lowest BCUT2D eigenvalue weighted by Gasteiger charge is -2.38. The minimum absolute atomic E-state index is 0.101. The van der Waals surface area contributed by atoms with Crippen molar-refractivity contribution in [2.24, 2.45) is 0 Å². The zero-order chi connectivity index (χ0) is 31.0. The molecule has 6 rings (SSSR count). The van der Waals surface area contributed by atoms with Crippen LogP contribution in [-0.4, -0.2) is 131 Å². The molecule has 4 fully saturated rings. The Bertz CT molecular complexity index is 1470. The maximum absolute atomic E-state index is 14.1. The van der Waals surface area contributed by atoms with Gasteiger partial charge in [-0.2, -0.15) is 4.31 Å². The molecule has 1 aromatic heterocycles. The van der Waals surface area contributed by atoms with E-state index >= 15 is 0 Å². The highest BCUT2D eigenvalue weighted by molar-refractivity contribution is 7.89. The first-order valence-electron chi connectivity index (χ1n) is 14.7. The van der Waals surface area contributed by atoms with E-state index in [0.29, 0.717) is 26.1 Å². The Balaban J connectivity index is 1.32. The number of nitrogens with zero attached hydrogens (tertiary/aromatic N) is 4. The number of morpholine rings is 1.